The molecule has 0 amide bonds. The number of phenolic OH excluding ortho intramolecular Hbond substituents is 1. The lowest BCUT2D eigenvalue weighted by atomic mass is 10.1. The Bertz CT molecular complexity index is 4790. The van der Waals surface area contributed by atoms with Crippen molar-refractivity contribution in [2.24, 2.45) is 0 Å². The molecule has 0 atom stereocenters. The van der Waals surface area contributed by atoms with Crippen LogP contribution in [0, 0.1) is 55.4 Å². The average Bonchev–Trinajstić information content (AvgIpc) is 1.64. The van der Waals surface area contributed by atoms with Crippen LogP contribution in [-0.4, -0.2) is 156 Å². The highest BCUT2D eigenvalue weighted by molar-refractivity contribution is 5.90. The number of aromatic hydroxyl groups is 1. The van der Waals surface area contributed by atoms with Gasteiger partial charge in [-0.05, 0) is 140 Å². The molecule has 29 heteroatoms. The molecule has 0 bridgehead atoms. The van der Waals surface area contributed by atoms with Crippen molar-refractivity contribution in [3.05, 3.63) is 159 Å². The number of carbonyl (C=O) groups is 4. The molecule has 0 spiro atoms. The van der Waals surface area contributed by atoms with E-state index in [1.54, 1.807) is 72.2 Å². The Kier molecular flexibility index (Phi) is 19.0. The number of fused-ring (bicyclic) bond motifs is 4. The smallest absolute Gasteiger partial charge is 0.358 e. The molecular formula is C63H62N16O13. The maximum atomic E-state index is 11.2. The van der Waals surface area contributed by atoms with Gasteiger partial charge in [0.15, 0.2) is 56.9 Å². The van der Waals surface area contributed by atoms with E-state index in [-0.39, 0.29) is 28.5 Å². The average molecular weight is 1250 g/mol. The maximum Gasteiger partial charge on any atom is 0.358 e. The Balaban J connectivity index is 0.000000145. The molecule has 0 saturated heterocycles. The van der Waals surface area contributed by atoms with Gasteiger partial charge in [0.2, 0.25) is 0 Å². The third-order valence-electron chi connectivity index (χ3n) is 14.5. The first kappa shape index (κ1) is 64.4. The minimum absolute atomic E-state index is 0.0973. The summed E-state index contributed by atoms with van der Waals surface area (Å²) in [7, 11) is 3.13. The van der Waals surface area contributed by atoms with Gasteiger partial charge >= 0.3 is 23.9 Å². The number of aromatic nitrogens is 16. The lowest BCUT2D eigenvalue weighted by Crippen LogP contribution is -2.10. The summed E-state index contributed by atoms with van der Waals surface area (Å²) in [6, 6.07) is 27.4. The molecule has 0 saturated carbocycles. The third kappa shape index (κ3) is 12.8. The van der Waals surface area contributed by atoms with E-state index in [1.807, 2.05) is 95.3 Å². The van der Waals surface area contributed by atoms with Crippen LogP contribution in [-0.2, 0) is 0 Å². The van der Waals surface area contributed by atoms with Crippen LogP contribution < -0.4 is 18.9 Å². The van der Waals surface area contributed by atoms with E-state index in [4.69, 9.17) is 34.3 Å². The summed E-state index contributed by atoms with van der Waals surface area (Å²) in [4.78, 5) is 44.7. The van der Waals surface area contributed by atoms with E-state index in [2.05, 4.69) is 68.1 Å². The van der Waals surface area contributed by atoms with Crippen molar-refractivity contribution in [2.75, 3.05) is 27.4 Å². The number of aromatic carboxylic acids is 4. The van der Waals surface area contributed by atoms with Gasteiger partial charge in [0, 0.05) is 0 Å². The molecular weight excluding hydrogens is 1190 g/mol. The van der Waals surface area contributed by atoms with Gasteiger partial charge in [-0.1, -0.05) is 49.4 Å². The molecule has 29 nitrogen and oxygen atoms in total. The topological polar surface area (TPSA) is 379 Å². The fourth-order valence-electron chi connectivity index (χ4n) is 10.0. The second-order valence-corrected chi connectivity index (χ2v) is 20.5. The first-order valence-electron chi connectivity index (χ1n) is 28.3. The fraction of sp³-hybridized carbons (Fsp3) is 0.238. The van der Waals surface area contributed by atoms with Crippen molar-refractivity contribution in [1.29, 1.82) is 0 Å². The number of benzene rings is 4. The number of ether oxygens (including phenoxy) is 4. The Morgan fingerprint density at radius 2 is 0.685 bits per heavy atom. The summed E-state index contributed by atoms with van der Waals surface area (Å²) >= 11 is 0. The Hall–Kier alpha value is -12.0. The lowest BCUT2D eigenvalue weighted by molar-refractivity contribution is 0.0676. The number of nitrogens with zero attached hydrogens (tertiary/aromatic N) is 16. The van der Waals surface area contributed by atoms with E-state index in [0.29, 0.717) is 81.5 Å². The van der Waals surface area contributed by atoms with Crippen LogP contribution in [0.4, 0.5) is 0 Å². The summed E-state index contributed by atoms with van der Waals surface area (Å²) in [5.74, 6) is -1.54. The standard InChI is InChI=1S/C17H18N4O3.C16H16N4O4.C16H16N4O3.C14H12N4O3/c1-4-9-24-13-7-5-12(6-8-13)14-10(2)20-21-11(3)15(17(22)23)18-19-16(14)21;1-8-13(10-5-6-11(23-3)12(7-10)24-4)15-18-17-14(16(21)22)9(2)20(15)19-8;1-4-23-12-7-5-11(6-8-12)13-9(2)19-20-10(3)14(16(21)22)17-18-15(13)20;1-7-11(9-3-5-10(19)6-4-9)13-16-15-12(14(20)21)8(2)18(13)17-7/h5-8H,4,9H2,1-3H3,(H,22,23);5-7H,1-4H3,(H,21,22);5-8H,4H2,1-3H3,(H,21,22);3-6,19H,1-2H3,(H,20,21). The SMILES string of the molecule is CCCOc1ccc(-c2c(C)nn3c(C)c(C(=O)O)nnc23)cc1.CCOc1ccc(-c2c(C)nn3c(C)c(C(=O)O)nnc23)cc1.COc1ccc(-c2c(C)nn3c(C)c(C(=O)O)nnc23)cc1OC.Cc1nn2c(C)c(C(=O)O)nnc2c1-c1ccc(O)cc1. The first-order chi connectivity index (χ1) is 44.0. The number of rotatable bonds is 15. The number of methoxy groups -OCH3 is 2. The van der Waals surface area contributed by atoms with Gasteiger partial charge < -0.3 is 44.5 Å². The molecule has 0 fully saturated rings. The molecule has 8 heterocycles. The Labute approximate surface area is 523 Å². The van der Waals surface area contributed by atoms with Gasteiger partial charge in [0.25, 0.3) is 0 Å². The largest absolute Gasteiger partial charge is 0.508 e. The van der Waals surface area contributed by atoms with Crippen molar-refractivity contribution in [3.8, 4) is 73.3 Å². The van der Waals surface area contributed by atoms with Gasteiger partial charge in [-0.15, -0.1) is 40.8 Å². The van der Waals surface area contributed by atoms with Crippen LogP contribution in [0.15, 0.2) is 91.0 Å². The van der Waals surface area contributed by atoms with E-state index >= 15 is 0 Å². The molecule has 8 aromatic heterocycles. The minimum atomic E-state index is -1.14. The molecule has 12 aromatic rings. The van der Waals surface area contributed by atoms with Crippen molar-refractivity contribution in [1.82, 2.24) is 79.2 Å². The highest BCUT2D eigenvalue weighted by atomic mass is 16.5. The Morgan fingerprint density at radius 1 is 0.391 bits per heavy atom. The van der Waals surface area contributed by atoms with E-state index < -0.39 is 23.9 Å². The summed E-state index contributed by atoms with van der Waals surface area (Å²) < 4.78 is 27.7. The zero-order valence-corrected chi connectivity index (χ0v) is 51.9. The van der Waals surface area contributed by atoms with E-state index in [0.717, 1.165) is 73.8 Å². The van der Waals surface area contributed by atoms with Crippen molar-refractivity contribution >= 4 is 46.5 Å². The fourth-order valence-corrected chi connectivity index (χ4v) is 10.0. The molecule has 0 aliphatic heterocycles. The van der Waals surface area contributed by atoms with Crippen LogP contribution >= 0.6 is 0 Å². The number of hydrogen-bond donors (Lipinski definition) is 5. The number of carboxylic acids is 4. The normalized spacial score (nSPS) is 10.9. The highest BCUT2D eigenvalue weighted by Gasteiger charge is 2.25. The van der Waals surface area contributed by atoms with Crippen LogP contribution in [0.1, 0.15) is 108 Å². The van der Waals surface area contributed by atoms with Crippen molar-refractivity contribution in [3.63, 3.8) is 0 Å². The molecule has 0 radical (unpaired) electrons. The first-order valence-corrected chi connectivity index (χ1v) is 28.3. The third-order valence-corrected chi connectivity index (χ3v) is 14.5. The summed E-state index contributed by atoms with van der Waals surface area (Å²) in [6.45, 7) is 19.3. The molecule has 92 heavy (non-hydrogen) atoms. The van der Waals surface area contributed by atoms with Crippen LogP contribution in [0.25, 0.3) is 67.1 Å². The van der Waals surface area contributed by atoms with Crippen LogP contribution in [0.3, 0.4) is 0 Å². The Morgan fingerprint density at radius 3 is 0.978 bits per heavy atom. The second kappa shape index (κ2) is 27.1. The van der Waals surface area contributed by atoms with Gasteiger partial charge in [-0.2, -0.15) is 20.4 Å². The van der Waals surface area contributed by atoms with Gasteiger partial charge in [0.05, 0.1) is 95.2 Å². The number of phenols is 1. The molecule has 5 N–H and O–H groups in total. The predicted octanol–water partition coefficient (Wildman–Crippen LogP) is 9.34. The highest BCUT2D eigenvalue weighted by Crippen LogP contribution is 2.36. The van der Waals surface area contributed by atoms with E-state index in [9.17, 15) is 29.4 Å². The number of hydrogen-bond acceptors (Lipinski definition) is 21. The molecule has 4 aromatic carbocycles. The molecule has 12 rings (SSSR count). The van der Waals surface area contributed by atoms with E-state index in [1.165, 1.54) is 18.1 Å². The molecule has 0 unspecified atom stereocenters. The summed E-state index contributed by atoms with van der Waals surface area (Å²) in [5.41, 5.74) is 13.0. The second-order valence-electron chi connectivity index (χ2n) is 20.5. The number of aryl methyl sites for hydroxylation is 8. The summed E-state index contributed by atoms with van der Waals surface area (Å²) in [6.07, 6.45) is 0.954. The summed E-state index contributed by atoms with van der Waals surface area (Å²) in [5, 5.41) is 94.9. The van der Waals surface area contributed by atoms with Gasteiger partial charge in [-0.25, -0.2) is 37.2 Å². The van der Waals surface area contributed by atoms with Gasteiger partial charge in [-0.3, -0.25) is 0 Å². The lowest BCUT2D eigenvalue weighted by Gasteiger charge is -2.09. The monoisotopic (exact) mass is 1250 g/mol. The minimum Gasteiger partial charge on any atom is -0.508 e. The zero-order chi connectivity index (χ0) is 66.4. The quantitative estimate of drug-likeness (QED) is 0.0637. The van der Waals surface area contributed by atoms with Crippen molar-refractivity contribution in [2.45, 2.75) is 75.7 Å². The predicted molar refractivity (Wildman–Crippen MR) is 332 cm³/mol. The zero-order valence-electron chi connectivity index (χ0n) is 51.9. The van der Waals surface area contributed by atoms with Crippen molar-refractivity contribution < 1.29 is 63.7 Å². The molecule has 472 valence electrons. The van der Waals surface area contributed by atoms with Gasteiger partial charge in [0.1, 0.15) is 17.2 Å². The molecule has 0 aliphatic carbocycles. The van der Waals surface area contributed by atoms with Crippen LogP contribution in [0.5, 0.6) is 28.7 Å². The van der Waals surface area contributed by atoms with Crippen LogP contribution in [0.2, 0.25) is 0 Å². The molecule has 0 aliphatic rings. The maximum absolute atomic E-state index is 11.2. The number of carboxylic acid groups (broad SMARTS) is 4.